The molecule has 6 nitrogen and oxygen atoms in total. The number of nitrogens with zero attached hydrogens (tertiary/aromatic N) is 2. The summed E-state index contributed by atoms with van der Waals surface area (Å²) in [7, 11) is 0. The number of hydrogen-bond donors (Lipinski definition) is 2. The molecule has 0 aromatic heterocycles. The number of ether oxygens (including phenoxy) is 2. The third-order valence-corrected chi connectivity index (χ3v) is 5.83. The van der Waals surface area contributed by atoms with E-state index in [-0.39, 0.29) is 24.0 Å². The van der Waals surface area contributed by atoms with E-state index in [1.165, 1.54) is 16.7 Å². The third-order valence-electron chi connectivity index (χ3n) is 5.83. The van der Waals surface area contributed by atoms with Crippen molar-refractivity contribution in [1.82, 2.24) is 15.5 Å². The largest absolute Gasteiger partial charge is 0.381 e. The summed E-state index contributed by atoms with van der Waals surface area (Å²) in [5, 5.41) is 7.04. The van der Waals surface area contributed by atoms with E-state index in [1.54, 1.807) is 0 Å². The summed E-state index contributed by atoms with van der Waals surface area (Å²) in [5.74, 6) is 0.907. The van der Waals surface area contributed by atoms with Crippen LogP contribution in [-0.4, -0.2) is 62.4 Å². The maximum atomic E-state index is 6.07. The van der Waals surface area contributed by atoms with Gasteiger partial charge in [0.1, 0.15) is 0 Å². The van der Waals surface area contributed by atoms with Gasteiger partial charge in [0, 0.05) is 45.4 Å². The Hall–Kier alpha value is -1.16. The van der Waals surface area contributed by atoms with Crippen molar-refractivity contribution in [1.29, 1.82) is 0 Å². The predicted molar refractivity (Wildman–Crippen MR) is 143 cm³/mol. The Morgan fingerprint density at radius 3 is 2.59 bits per heavy atom. The summed E-state index contributed by atoms with van der Waals surface area (Å²) in [6, 6.07) is 9.06. The summed E-state index contributed by atoms with van der Waals surface area (Å²) in [4.78, 5) is 7.33. The van der Waals surface area contributed by atoms with Crippen molar-refractivity contribution in [2.45, 2.75) is 64.8 Å². The maximum Gasteiger partial charge on any atom is 0.191 e. The van der Waals surface area contributed by atoms with Gasteiger partial charge in [-0.3, -0.25) is 4.90 Å². The molecule has 3 rings (SSSR count). The van der Waals surface area contributed by atoms with Gasteiger partial charge < -0.3 is 20.1 Å². The minimum atomic E-state index is 0. The van der Waals surface area contributed by atoms with Crippen molar-refractivity contribution in [3.05, 3.63) is 47.5 Å². The number of guanidine groups is 1. The van der Waals surface area contributed by atoms with E-state index in [4.69, 9.17) is 14.5 Å². The molecule has 0 spiro atoms. The molecule has 2 aliphatic rings. The molecular weight excluding hydrogens is 515 g/mol. The van der Waals surface area contributed by atoms with Gasteiger partial charge in [-0.05, 0) is 50.7 Å². The number of aliphatic imine (C=N–C) groups is 1. The SMILES string of the molecule is C=C(C)CN1CCC(NC(=NCc2cccc(COC3CCOCC3)c2)NCC)CC1.I. The first-order valence-corrected chi connectivity index (χ1v) is 11.8. The quantitative estimate of drug-likeness (QED) is 0.208. The van der Waals surface area contributed by atoms with E-state index >= 15 is 0 Å². The van der Waals surface area contributed by atoms with Gasteiger partial charge in [0.2, 0.25) is 0 Å². The predicted octanol–water partition coefficient (Wildman–Crippen LogP) is 4.10. The van der Waals surface area contributed by atoms with Crippen LogP contribution in [0.3, 0.4) is 0 Å². The molecule has 2 N–H and O–H groups in total. The second-order valence-corrected chi connectivity index (χ2v) is 8.79. The zero-order valence-electron chi connectivity index (χ0n) is 19.8. The van der Waals surface area contributed by atoms with Crippen LogP contribution in [-0.2, 0) is 22.6 Å². The van der Waals surface area contributed by atoms with Crippen molar-refractivity contribution in [3.63, 3.8) is 0 Å². The van der Waals surface area contributed by atoms with Crippen LogP contribution in [0.4, 0.5) is 0 Å². The Morgan fingerprint density at radius 1 is 1.19 bits per heavy atom. The lowest BCUT2D eigenvalue weighted by molar-refractivity contribution is -0.0390. The first-order chi connectivity index (χ1) is 15.1. The zero-order valence-corrected chi connectivity index (χ0v) is 22.1. The van der Waals surface area contributed by atoms with Crippen LogP contribution < -0.4 is 10.6 Å². The molecule has 0 amide bonds. The van der Waals surface area contributed by atoms with Gasteiger partial charge in [0.25, 0.3) is 0 Å². The number of piperidine rings is 1. The molecule has 0 aliphatic carbocycles. The van der Waals surface area contributed by atoms with Gasteiger partial charge in [0.05, 0.1) is 19.3 Å². The molecule has 180 valence electrons. The monoisotopic (exact) mass is 556 g/mol. The van der Waals surface area contributed by atoms with E-state index in [0.717, 1.165) is 71.0 Å². The second kappa shape index (κ2) is 14.9. The van der Waals surface area contributed by atoms with Crippen LogP contribution in [0, 0.1) is 0 Å². The fourth-order valence-electron chi connectivity index (χ4n) is 4.18. The minimum absolute atomic E-state index is 0. The van der Waals surface area contributed by atoms with E-state index in [2.05, 4.69) is 60.2 Å². The summed E-state index contributed by atoms with van der Waals surface area (Å²) < 4.78 is 11.5. The van der Waals surface area contributed by atoms with Gasteiger partial charge in [-0.15, -0.1) is 24.0 Å². The molecule has 2 heterocycles. The average molecular weight is 557 g/mol. The fourth-order valence-corrected chi connectivity index (χ4v) is 4.18. The molecule has 2 fully saturated rings. The Bertz CT molecular complexity index is 714. The number of halogens is 1. The normalized spacial score (nSPS) is 18.8. The lowest BCUT2D eigenvalue weighted by atomic mass is 10.0. The van der Waals surface area contributed by atoms with Crippen molar-refractivity contribution in [2.24, 2.45) is 4.99 Å². The molecule has 1 aromatic rings. The van der Waals surface area contributed by atoms with Crippen LogP contribution in [0.2, 0.25) is 0 Å². The fraction of sp³-hybridized carbons (Fsp3) is 0.640. The van der Waals surface area contributed by atoms with E-state index < -0.39 is 0 Å². The zero-order chi connectivity index (χ0) is 21.9. The van der Waals surface area contributed by atoms with E-state index in [0.29, 0.717) is 25.3 Å². The topological polar surface area (TPSA) is 58.1 Å². The molecule has 0 bridgehead atoms. The van der Waals surface area contributed by atoms with Gasteiger partial charge in [-0.25, -0.2) is 4.99 Å². The molecule has 7 heteroatoms. The number of hydrogen-bond acceptors (Lipinski definition) is 4. The minimum Gasteiger partial charge on any atom is -0.381 e. The maximum absolute atomic E-state index is 6.07. The second-order valence-electron chi connectivity index (χ2n) is 8.79. The number of nitrogens with one attached hydrogen (secondary N) is 2. The summed E-state index contributed by atoms with van der Waals surface area (Å²) in [6.07, 6.45) is 4.58. The van der Waals surface area contributed by atoms with Gasteiger partial charge in [0.15, 0.2) is 5.96 Å². The van der Waals surface area contributed by atoms with Crippen molar-refractivity contribution in [2.75, 3.05) is 39.4 Å². The lowest BCUT2D eigenvalue weighted by Crippen LogP contribution is -2.48. The Kier molecular flexibility index (Phi) is 12.6. The Labute approximate surface area is 211 Å². The summed E-state index contributed by atoms with van der Waals surface area (Å²) in [6.45, 7) is 15.3. The van der Waals surface area contributed by atoms with Crippen LogP contribution in [0.1, 0.15) is 50.7 Å². The average Bonchev–Trinajstić information content (AvgIpc) is 2.78. The van der Waals surface area contributed by atoms with Crippen molar-refractivity contribution < 1.29 is 9.47 Å². The molecule has 1 aromatic carbocycles. The van der Waals surface area contributed by atoms with Crippen LogP contribution >= 0.6 is 24.0 Å². The van der Waals surface area contributed by atoms with Crippen molar-refractivity contribution >= 4 is 29.9 Å². The molecule has 0 atom stereocenters. The van der Waals surface area contributed by atoms with Crippen molar-refractivity contribution in [3.8, 4) is 0 Å². The highest BCUT2D eigenvalue weighted by atomic mass is 127. The first kappa shape index (κ1) is 27.1. The highest BCUT2D eigenvalue weighted by Gasteiger charge is 2.19. The molecule has 0 unspecified atom stereocenters. The molecule has 2 saturated heterocycles. The third kappa shape index (κ3) is 9.77. The van der Waals surface area contributed by atoms with Gasteiger partial charge in [-0.2, -0.15) is 0 Å². The van der Waals surface area contributed by atoms with Crippen LogP contribution in [0.15, 0.2) is 41.4 Å². The molecule has 32 heavy (non-hydrogen) atoms. The summed E-state index contributed by atoms with van der Waals surface area (Å²) >= 11 is 0. The number of rotatable bonds is 9. The first-order valence-electron chi connectivity index (χ1n) is 11.8. The number of likely N-dealkylation sites (tertiary alicyclic amines) is 1. The standard InChI is InChI=1S/C25H40N4O2.HI/c1-4-26-25(28-23-8-12-29(13-9-23)18-20(2)3)27-17-21-6-5-7-22(16-21)19-31-24-10-14-30-15-11-24;/h5-7,16,23-24H,2,4,8-15,17-19H2,1,3H3,(H2,26,27,28);1H. The van der Waals surface area contributed by atoms with Gasteiger partial charge >= 0.3 is 0 Å². The Balaban J connectivity index is 0.00000363. The number of benzene rings is 1. The molecule has 0 radical (unpaired) electrons. The Morgan fingerprint density at radius 2 is 1.91 bits per heavy atom. The molecular formula is C25H41IN4O2. The highest BCUT2D eigenvalue weighted by molar-refractivity contribution is 14.0. The highest BCUT2D eigenvalue weighted by Crippen LogP contribution is 2.15. The summed E-state index contributed by atoms with van der Waals surface area (Å²) in [5.41, 5.74) is 3.66. The van der Waals surface area contributed by atoms with E-state index in [1.807, 2.05) is 0 Å². The van der Waals surface area contributed by atoms with Crippen LogP contribution in [0.25, 0.3) is 0 Å². The van der Waals surface area contributed by atoms with E-state index in [9.17, 15) is 0 Å². The lowest BCUT2D eigenvalue weighted by Gasteiger charge is -2.33. The van der Waals surface area contributed by atoms with Crippen LogP contribution in [0.5, 0.6) is 0 Å². The van der Waals surface area contributed by atoms with Gasteiger partial charge in [-0.1, -0.05) is 36.4 Å². The smallest absolute Gasteiger partial charge is 0.191 e. The molecule has 2 aliphatic heterocycles. The molecule has 0 saturated carbocycles.